The van der Waals surface area contributed by atoms with Crippen molar-refractivity contribution in [3.05, 3.63) is 0 Å². The highest BCUT2D eigenvalue weighted by molar-refractivity contribution is 5.82. The van der Waals surface area contributed by atoms with Crippen LogP contribution in [0.4, 0.5) is 0 Å². The maximum Gasteiger partial charge on any atom is 0.223 e. The zero-order chi connectivity index (χ0) is 11.7. The van der Waals surface area contributed by atoms with Crippen LogP contribution in [-0.2, 0) is 4.79 Å². The number of nitrogens with one attached hydrogen (secondary N) is 1. The minimum Gasteiger partial charge on any atom is -0.354 e. The van der Waals surface area contributed by atoms with Crippen molar-refractivity contribution in [1.29, 1.82) is 0 Å². The monoisotopic (exact) mass is 224 g/mol. The molecule has 3 N–H and O–H groups in total. The van der Waals surface area contributed by atoms with Crippen molar-refractivity contribution in [3.63, 3.8) is 0 Å². The van der Waals surface area contributed by atoms with Crippen molar-refractivity contribution in [2.24, 2.45) is 29.4 Å². The molecule has 92 valence electrons. The summed E-state index contributed by atoms with van der Waals surface area (Å²) >= 11 is 0. The molecule has 3 unspecified atom stereocenters. The molecule has 2 aliphatic carbocycles. The van der Waals surface area contributed by atoms with Crippen LogP contribution in [0.3, 0.4) is 0 Å². The van der Waals surface area contributed by atoms with Gasteiger partial charge in [0.25, 0.3) is 0 Å². The molecule has 3 atom stereocenters. The average molecular weight is 224 g/mol. The molecule has 0 saturated heterocycles. The summed E-state index contributed by atoms with van der Waals surface area (Å²) in [4.78, 5) is 11.9. The highest BCUT2D eigenvalue weighted by Crippen LogP contribution is 2.55. The van der Waals surface area contributed by atoms with E-state index in [0.717, 1.165) is 0 Å². The number of carbonyl (C=O) groups excluding carboxylic acids is 1. The first-order valence-corrected chi connectivity index (χ1v) is 6.64. The largest absolute Gasteiger partial charge is 0.354 e. The average Bonchev–Trinajstić information content (AvgIpc) is 2.99. The summed E-state index contributed by atoms with van der Waals surface area (Å²) in [6, 6.07) is 0.0877. The van der Waals surface area contributed by atoms with Crippen molar-refractivity contribution in [2.45, 2.75) is 45.6 Å². The lowest BCUT2D eigenvalue weighted by Gasteiger charge is -2.16. The van der Waals surface area contributed by atoms with Crippen LogP contribution in [0.5, 0.6) is 0 Å². The molecule has 0 aromatic heterocycles. The maximum absolute atomic E-state index is 11.9. The van der Waals surface area contributed by atoms with E-state index in [-0.39, 0.29) is 11.9 Å². The lowest BCUT2D eigenvalue weighted by Crippen LogP contribution is -2.41. The van der Waals surface area contributed by atoms with Crippen molar-refractivity contribution < 1.29 is 4.79 Å². The second-order valence-corrected chi connectivity index (χ2v) is 5.79. The molecule has 2 aliphatic rings. The summed E-state index contributed by atoms with van der Waals surface area (Å²) in [5.41, 5.74) is 5.92. The van der Waals surface area contributed by atoms with Crippen LogP contribution < -0.4 is 11.1 Å². The van der Waals surface area contributed by atoms with Gasteiger partial charge in [-0.1, -0.05) is 26.7 Å². The highest BCUT2D eigenvalue weighted by Gasteiger charge is 2.54. The first kappa shape index (κ1) is 11.9. The van der Waals surface area contributed by atoms with Crippen molar-refractivity contribution in [1.82, 2.24) is 5.32 Å². The first-order valence-electron chi connectivity index (χ1n) is 6.64. The Hall–Kier alpha value is -0.570. The Balaban J connectivity index is 1.73. The van der Waals surface area contributed by atoms with Gasteiger partial charge in [-0.05, 0) is 30.6 Å². The molecule has 2 rings (SSSR count). The molecule has 0 aromatic carbocycles. The Labute approximate surface area is 98.2 Å². The predicted octanol–water partition coefficient (Wildman–Crippen LogP) is 1.52. The van der Waals surface area contributed by atoms with Gasteiger partial charge >= 0.3 is 0 Å². The van der Waals surface area contributed by atoms with Gasteiger partial charge in [0.2, 0.25) is 5.91 Å². The molecule has 3 heteroatoms. The second kappa shape index (κ2) is 4.74. The van der Waals surface area contributed by atoms with Gasteiger partial charge in [-0.15, -0.1) is 0 Å². The molecular formula is C13H24N2O. The number of hydrogen-bond donors (Lipinski definition) is 2. The Morgan fingerprint density at radius 3 is 2.38 bits per heavy atom. The van der Waals surface area contributed by atoms with E-state index in [2.05, 4.69) is 19.2 Å². The van der Waals surface area contributed by atoms with Crippen LogP contribution in [0.25, 0.3) is 0 Å². The highest BCUT2D eigenvalue weighted by atomic mass is 16.2. The third-order valence-electron chi connectivity index (χ3n) is 4.33. The first-order chi connectivity index (χ1) is 7.61. The normalized spacial score (nSPS) is 34.4. The Morgan fingerprint density at radius 2 is 1.88 bits per heavy atom. The quantitative estimate of drug-likeness (QED) is 0.760. The van der Waals surface area contributed by atoms with Gasteiger partial charge in [0, 0.05) is 18.5 Å². The third kappa shape index (κ3) is 2.40. The third-order valence-corrected chi connectivity index (χ3v) is 4.33. The van der Waals surface area contributed by atoms with Gasteiger partial charge in [0.15, 0.2) is 0 Å². The molecule has 0 spiro atoms. The standard InChI is InChI=1S/C13H24N2O/c1-8(2)11(14)7-15-13(16)12-9-5-3-4-6-10(9)12/h8-12H,3-7,14H2,1-2H3,(H,15,16). The van der Waals surface area contributed by atoms with Crippen LogP contribution in [-0.4, -0.2) is 18.5 Å². The van der Waals surface area contributed by atoms with Gasteiger partial charge in [-0.25, -0.2) is 0 Å². The Morgan fingerprint density at radius 1 is 1.31 bits per heavy atom. The molecule has 0 radical (unpaired) electrons. The SMILES string of the molecule is CC(C)C(N)CNC(=O)C1C2CCCCC21. The number of amides is 1. The Bertz CT molecular complexity index is 253. The molecule has 2 saturated carbocycles. The summed E-state index contributed by atoms with van der Waals surface area (Å²) in [5, 5.41) is 3.02. The fourth-order valence-corrected chi connectivity index (χ4v) is 2.95. The number of fused-ring (bicyclic) bond motifs is 1. The van der Waals surface area contributed by atoms with E-state index in [1.807, 2.05) is 0 Å². The summed E-state index contributed by atoms with van der Waals surface area (Å²) in [6.45, 7) is 4.81. The second-order valence-electron chi connectivity index (χ2n) is 5.79. The smallest absolute Gasteiger partial charge is 0.223 e. The fraction of sp³-hybridized carbons (Fsp3) is 0.923. The molecular weight excluding hydrogens is 200 g/mol. The molecule has 3 nitrogen and oxygen atoms in total. The summed E-state index contributed by atoms with van der Waals surface area (Å²) in [5.74, 6) is 2.41. The van der Waals surface area contributed by atoms with Gasteiger partial charge in [-0.3, -0.25) is 4.79 Å². The van der Waals surface area contributed by atoms with Crippen LogP contribution in [0.2, 0.25) is 0 Å². The molecule has 0 heterocycles. The van der Waals surface area contributed by atoms with Crippen LogP contribution in [0.1, 0.15) is 39.5 Å². The van der Waals surface area contributed by atoms with Gasteiger partial charge in [0.1, 0.15) is 0 Å². The fourth-order valence-electron chi connectivity index (χ4n) is 2.95. The van der Waals surface area contributed by atoms with Crippen LogP contribution in [0, 0.1) is 23.7 Å². The van der Waals surface area contributed by atoms with E-state index < -0.39 is 0 Å². The molecule has 1 amide bonds. The predicted molar refractivity (Wildman–Crippen MR) is 64.8 cm³/mol. The molecule has 0 aliphatic heterocycles. The number of hydrogen-bond acceptors (Lipinski definition) is 2. The number of carbonyl (C=O) groups is 1. The van der Waals surface area contributed by atoms with E-state index in [4.69, 9.17) is 5.73 Å². The minimum atomic E-state index is 0.0877. The molecule has 0 bridgehead atoms. The Kier molecular flexibility index (Phi) is 3.53. The van der Waals surface area contributed by atoms with E-state index in [1.54, 1.807) is 0 Å². The summed E-state index contributed by atoms with van der Waals surface area (Å²) in [6.07, 6.45) is 5.16. The van der Waals surface area contributed by atoms with Crippen LogP contribution >= 0.6 is 0 Å². The van der Waals surface area contributed by atoms with Gasteiger partial charge in [-0.2, -0.15) is 0 Å². The van der Waals surface area contributed by atoms with E-state index in [9.17, 15) is 4.79 Å². The zero-order valence-electron chi connectivity index (χ0n) is 10.4. The van der Waals surface area contributed by atoms with Crippen molar-refractivity contribution in [2.75, 3.05) is 6.54 Å². The summed E-state index contributed by atoms with van der Waals surface area (Å²) < 4.78 is 0. The number of rotatable bonds is 4. The molecule has 0 aromatic rings. The number of nitrogens with two attached hydrogens (primary N) is 1. The van der Waals surface area contributed by atoms with E-state index in [0.29, 0.717) is 30.2 Å². The van der Waals surface area contributed by atoms with Gasteiger partial charge in [0.05, 0.1) is 0 Å². The topological polar surface area (TPSA) is 55.1 Å². The van der Waals surface area contributed by atoms with E-state index >= 15 is 0 Å². The summed E-state index contributed by atoms with van der Waals surface area (Å²) in [7, 11) is 0. The molecule has 16 heavy (non-hydrogen) atoms. The van der Waals surface area contributed by atoms with Gasteiger partial charge < -0.3 is 11.1 Å². The lowest BCUT2D eigenvalue weighted by molar-refractivity contribution is -0.123. The lowest BCUT2D eigenvalue weighted by atomic mass is 10.0. The zero-order valence-corrected chi connectivity index (χ0v) is 10.4. The molecule has 2 fully saturated rings. The van der Waals surface area contributed by atoms with Crippen molar-refractivity contribution >= 4 is 5.91 Å². The van der Waals surface area contributed by atoms with Crippen molar-refractivity contribution in [3.8, 4) is 0 Å². The van der Waals surface area contributed by atoms with E-state index in [1.165, 1.54) is 25.7 Å². The van der Waals surface area contributed by atoms with Crippen LogP contribution in [0.15, 0.2) is 0 Å². The minimum absolute atomic E-state index is 0.0877. The maximum atomic E-state index is 11.9.